The predicted molar refractivity (Wildman–Crippen MR) is 110 cm³/mol. The highest BCUT2D eigenvalue weighted by atomic mass is 16.7. The van der Waals surface area contributed by atoms with E-state index in [1.807, 2.05) is 36.4 Å². The Kier molecular flexibility index (Phi) is 7.06. The maximum atomic E-state index is 10.2. The Bertz CT molecular complexity index is 834. The minimum Gasteiger partial charge on any atom is -0.488 e. The monoisotopic (exact) mass is 432 g/mol. The van der Waals surface area contributed by atoms with Crippen LogP contribution in [0.1, 0.15) is 17.5 Å². The van der Waals surface area contributed by atoms with Crippen LogP contribution in [-0.4, -0.2) is 77.1 Å². The summed E-state index contributed by atoms with van der Waals surface area (Å²) in [6.45, 7) is 0.840. The molecule has 2 aliphatic rings. The van der Waals surface area contributed by atoms with Gasteiger partial charge in [-0.3, -0.25) is 0 Å². The molecule has 2 saturated heterocycles. The minimum absolute atomic E-state index is 0.0958. The van der Waals surface area contributed by atoms with Gasteiger partial charge in [0.25, 0.3) is 0 Å². The largest absolute Gasteiger partial charge is 0.488 e. The van der Waals surface area contributed by atoms with E-state index in [2.05, 4.69) is 0 Å². The number of hydrogen-bond donors (Lipinski definition) is 4. The molecule has 8 heteroatoms. The van der Waals surface area contributed by atoms with Crippen molar-refractivity contribution in [3.63, 3.8) is 0 Å². The molecule has 0 amide bonds. The van der Waals surface area contributed by atoms with Crippen LogP contribution in [0.2, 0.25) is 0 Å². The predicted octanol–water partition coefficient (Wildman–Crippen LogP) is 0.624. The van der Waals surface area contributed by atoms with E-state index in [1.165, 1.54) is 0 Å². The topological polar surface area (TPSA) is 118 Å². The second kappa shape index (κ2) is 9.95. The van der Waals surface area contributed by atoms with Gasteiger partial charge in [-0.25, -0.2) is 0 Å². The van der Waals surface area contributed by atoms with Gasteiger partial charge in [-0.05, 0) is 29.3 Å². The maximum absolute atomic E-state index is 10.2. The highest BCUT2D eigenvalue weighted by molar-refractivity contribution is 5.39. The number of rotatable bonds is 7. The zero-order valence-corrected chi connectivity index (χ0v) is 17.0. The summed E-state index contributed by atoms with van der Waals surface area (Å²) < 4.78 is 22.5. The summed E-state index contributed by atoms with van der Waals surface area (Å²) in [5.41, 5.74) is 1.90. The molecule has 8 nitrogen and oxygen atoms in total. The summed E-state index contributed by atoms with van der Waals surface area (Å²) in [6.07, 6.45) is -5.05. The Morgan fingerprint density at radius 3 is 2.39 bits per heavy atom. The molecule has 6 atom stereocenters. The molecule has 4 N–H and O–H groups in total. The van der Waals surface area contributed by atoms with Gasteiger partial charge >= 0.3 is 0 Å². The molecule has 2 aromatic rings. The molecule has 2 aliphatic heterocycles. The third kappa shape index (κ3) is 5.17. The van der Waals surface area contributed by atoms with Gasteiger partial charge in [0.2, 0.25) is 6.29 Å². The Hall–Kier alpha value is -2.20. The number of hydrogen-bond acceptors (Lipinski definition) is 8. The first kappa shape index (κ1) is 22.0. The van der Waals surface area contributed by atoms with Crippen molar-refractivity contribution in [1.29, 1.82) is 0 Å². The van der Waals surface area contributed by atoms with Gasteiger partial charge in [0.15, 0.2) is 0 Å². The van der Waals surface area contributed by atoms with Crippen molar-refractivity contribution >= 4 is 0 Å². The van der Waals surface area contributed by atoms with Crippen molar-refractivity contribution < 1.29 is 39.4 Å². The standard InChI is InChI=1S/C23H28O8/c24-12-19-20(25)21(26)22(27)23(31-19)30-18-4-2-1-3-15(18)11-14-5-7-16(8-6-14)29-17-9-10-28-13-17/h1-8,17,19-27H,9-13H2/t17-,19-,20-,21+,22-,23-/m1/s1. The highest BCUT2D eigenvalue weighted by Gasteiger charge is 2.44. The molecule has 2 aromatic carbocycles. The third-order valence-electron chi connectivity index (χ3n) is 5.57. The first-order chi connectivity index (χ1) is 15.0. The van der Waals surface area contributed by atoms with E-state index in [-0.39, 0.29) is 6.10 Å². The second-order valence-corrected chi connectivity index (χ2v) is 7.85. The van der Waals surface area contributed by atoms with Gasteiger partial charge in [0.1, 0.15) is 42.0 Å². The molecule has 0 aliphatic carbocycles. The number of aliphatic hydroxyl groups is 4. The minimum atomic E-state index is -1.49. The van der Waals surface area contributed by atoms with Crippen LogP contribution in [0.5, 0.6) is 11.5 Å². The van der Waals surface area contributed by atoms with E-state index in [0.29, 0.717) is 18.8 Å². The second-order valence-electron chi connectivity index (χ2n) is 7.85. The molecule has 0 saturated carbocycles. The molecule has 2 fully saturated rings. The molecule has 0 bridgehead atoms. The molecule has 31 heavy (non-hydrogen) atoms. The van der Waals surface area contributed by atoms with Crippen LogP contribution in [0.15, 0.2) is 48.5 Å². The van der Waals surface area contributed by atoms with Crippen LogP contribution >= 0.6 is 0 Å². The van der Waals surface area contributed by atoms with Gasteiger partial charge in [-0.2, -0.15) is 0 Å². The van der Waals surface area contributed by atoms with Crippen LogP contribution in [-0.2, 0) is 15.9 Å². The summed E-state index contributed by atoms with van der Waals surface area (Å²) in [7, 11) is 0. The van der Waals surface area contributed by atoms with E-state index < -0.39 is 37.3 Å². The molecule has 168 valence electrons. The lowest BCUT2D eigenvalue weighted by Crippen LogP contribution is -2.60. The number of benzene rings is 2. The molecule has 0 spiro atoms. The van der Waals surface area contributed by atoms with Gasteiger partial charge in [-0.1, -0.05) is 30.3 Å². The highest BCUT2D eigenvalue weighted by Crippen LogP contribution is 2.28. The van der Waals surface area contributed by atoms with Gasteiger partial charge in [0.05, 0.1) is 19.8 Å². The Labute approximate surface area is 180 Å². The van der Waals surface area contributed by atoms with Crippen molar-refractivity contribution in [2.45, 2.75) is 49.7 Å². The van der Waals surface area contributed by atoms with E-state index >= 15 is 0 Å². The quantitative estimate of drug-likeness (QED) is 0.503. The van der Waals surface area contributed by atoms with Crippen molar-refractivity contribution in [3.05, 3.63) is 59.7 Å². The zero-order valence-electron chi connectivity index (χ0n) is 17.0. The fourth-order valence-corrected chi connectivity index (χ4v) is 3.76. The molecule has 2 heterocycles. The zero-order chi connectivity index (χ0) is 21.8. The molecular weight excluding hydrogens is 404 g/mol. The fraction of sp³-hybridized carbons (Fsp3) is 0.478. The normalized spacial score (nSPS) is 30.8. The number of para-hydroxylation sites is 1. The van der Waals surface area contributed by atoms with Crippen molar-refractivity contribution in [1.82, 2.24) is 0 Å². The lowest BCUT2D eigenvalue weighted by atomic mass is 9.99. The van der Waals surface area contributed by atoms with Gasteiger partial charge in [-0.15, -0.1) is 0 Å². The van der Waals surface area contributed by atoms with E-state index in [0.717, 1.165) is 29.9 Å². The third-order valence-corrected chi connectivity index (χ3v) is 5.57. The molecule has 4 rings (SSSR count). The Balaban J connectivity index is 1.43. The summed E-state index contributed by atoms with van der Waals surface area (Å²) in [5, 5.41) is 39.5. The van der Waals surface area contributed by atoms with E-state index in [1.54, 1.807) is 12.1 Å². The van der Waals surface area contributed by atoms with Crippen molar-refractivity contribution in [3.8, 4) is 11.5 Å². The van der Waals surface area contributed by atoms with Gasteiger partial charge < -0.3 is 39.4 Å². The molecule has 0 aromatic heterocycles. The maximum Gasteiger partial charge on any atom is 0.229 e. The smallest absolute Gasteiger partial charge is 0.229 e. The van der Waals surface area contributed by atoms with Crippen LogP contribution in [0.3, 0.4) is 0 Å². The Morgan fingerprint density at radius 1 is 0.903 bits per heavy atom. The van der Waals surface area contributed by atoms with Crippen molar-refractivity contribution in [2.75, 3.05) is 19.8 Å². The Morgan fingerprint density at radius 2 is 1.68 bits per heavy atom. The van der Waals surface area contributed by atoms with Crippen LogP contribution in [0.25, 0.3) is 0 Å². The van der Waals surface area contributed by atoms with E-state index in [4.69, 9.17) is 18.9 Å². The fourth-order valence-electron chi connectivity index (χ4n) is 3.76. The number of aliphatic hydroxyl groups excluding tert-OH is 4. The number of ether oxygens (including phenoxy) is 4. The molecule has 0 radical (unpaired) electrons. The first-order valence-corrected chi connectivity index (χ1v) is 10.4. The lowest BCUT2D eigenvalue weighted by Gasteiger charge is -2.39. The van der Waals surface area contributed by atoms with Crippen molar-refractivity contribution in [2.24, 2.45) is 0 Å². The first-order valence-electron chi connectivity index (χ1n) is 10.4. The SMILES string of the molecule is OC[C@H]1O[C@@H](Oc2ccccc2Cc2ccc(O[C@@H]3CCOC3)cc2)[C@H](O)[C@@H](O)[C@@H]1O. The average molecular weight is 432 g/mol. The summed E-state index contributed by atoms with van der Waals surface area (Å²) in [5.74, 6) is 1.28. The molecular formula is C23H28O8. The summed E-state index contributed by atoms with van der Waals surface area (Å²) >= 11 is 0. The van der Waals surface area contributed by atoms with Gasteiger partial charge in [0, 0.05) is 12.8 Å². The van der Waals surface area contributed by atoms with E-state index in [9.17, 15) is 20.4 Å². The van der Waals surface area contributed by atoms with Crippen LogP contribution in [0.4, 0.5) is 0 Å². The van der Waals surface area contributed by atoms with Crippen LogP contribution < -0.4 is 9.47 Å². The summed E-state index contributed by atoms with van der Waals surface area (Å²) in [4.78, 5) is 0. The van der Waals surface area contributed by atoms with Crippen LogP contribution in [0, 0.1) is 0 Å². The lowest BCUT2D eigenvalue weighted by molar-refractivity contribution is -0.277. The average Bonchev–Trinajstić information content (AvgIpc) is 3.30. The summed E-state index contributed by atoms with van der Waals surface area (Å²) in [6, 6.07) is 15.1. The molecule has 0 unspecified atom stereocenters.